The molecule has 1 aromatic rings. The van der Waals surface area contributed by atoms with Crippen LogP contribution < -0.4 is 0 Å². The smallest absolute Gasteiger partial charge is 0.244 e. The first-order valence-electron chi connectivity index (χ1n) is 6.37. The third-order valence-electron chi connectivity index (χ3n) is 3.62. The maximum atomic E-state index is 12.7. The molecular weight excluding hydrogens is 364 g/mol. The van der Waals surface area contributed by atoms with Gasteiger partial charge in [-0.15, -0.1) is 11.6 Å². The Morgan fingerprint density at radius 2 is 2.15 bits per heavy atom. The summed E-state index contributed by atoms with van der Waals surface area (Å²) in [6.45, 7) is 1.09. The van der Waals surface area contributed by atoms with Crippen LogP contribution in [0.15, 0.2) is 27.6 Å². The summed E-state index contributed by atoms with van der Waals surface area (Å²) in [6, 6.07) is 5.49. The molecule has 1 saturated heterocycles. The molecule has 1 aliphatic heterocycles. The van der Waals surface area contributed by atoms with Crippen LogP contribution in [0.2, 0.25) is 0 Å². The summed E-state index contributed by atoms with van der Waals surface area (Å²) in [4.78, 5) is 2.37. The molecule has 0 bridgehead atoms. The fraction of sp³-hybridized carbons (Fsp3) is 0.538. The second-order valence-electron chi connectivity index (χ2n) is 5.17. The van der Waals surface area contributed by atoms with Crippen LogP contribution in [0.4, 0.5) is 0 Å². The van der Waals surface area contributed by atoms with Crippen LogP contribution in [0.5, 0.6) is 0 Å². The van der Waals surface area contributed by atoms with Crippen LogP contribution in [-0.2, 0) is 15.9 Å². The van der Waals surface area contributed by atoms with Gasteiger partial charge in [-0.05, 0) is 54.1 Å². The molecule has 112 valence electrons. The van der Waals surface area contributed by atoms with Crippen molar-refractivity contribution in [2.45, 2.75) is 23.2 Å². The van der Waals surface area contributed by atoms with Gasteiger partial charge in [-0.3, -0.25) is 0 Å². The second-order valence-corrected chi connectivity index (χ2v) is 8.20. The quantitative estimate of drug-likeness (QED) is 0.753. The number of hydrogen-bond donors (Lipinski definition) is 0. The van der Waals surface area contributed by atoms with E-state index in [-0.39, 0.29) is 6.04 Å². The number of alkyl halides is 1. The molecule has 1 fully saturated rings. The van der Waals surface area contributed by atoms with Crippen molar-refractivity contribution in [3.8, 4) is 0 Å². The monoisotopic (exact) mass is 380 g/mol. The molecular formula is C13H18BrClN2O2S. The largest absolute Gasteiger partial charge is 0.305 e. The van der Waals surface area contributed by atoms with Crippen molar-refractivity contribution in [3.05, 3.63) is 28.2 Å². The molecule has 0 aromatic heterocycles. The number of sulfonamides is 1. The number of rotatable bonds is 4. The minimum absolute atomic E-state index is 0.278. The van der Waals surface area contributed by atoms with E-state index in [2.05, 4.69) is 20.8 Å². The van der Waals surface area contributed by atoms with Gasteiger partial charge in [-0.2, -0.15) is 4.31 Å². The van der Waals surface area contributed by atoms with Crippen molar-refractivity contribution in [1.82, 2.24) is 9.21 Å². The number of likely N-dealkylation sites (N-methyl/N-ethyl adjacent to an activating group) is 1. The summed E-state index contributed by atoms with van der Waals surface area (Å²) in [5.41, 5.74) is 0.803. The van der Waals surface area contributed by atoms with E-state index in [0.29, 0.717) is 28.3 Å². The van der Waals surface area contributed by atoms with E-state index in [1.54, 1.807) is 16.4 Å². The van der Waals surface area contributed by atoms with Gasteiger partial charge in [0.15, 0.2) is 0 Å². The van der Waals surface area contributed by atoms with Gasteiger partial charge < -0.3 is 4.90 Å². The molecule has 0 radical (unpaired) electrons. The van der Waals surface area contributed by atoms with Crippen molar-refractivity contribution >= 4 is 37.6 Å². The molecule has 7 heteroatoms. The van der Waals surface area contributed by atoms with Crippen molar-refractivity contribution in [2.24, 2.45) is 0 Å². The summed E-state index contributed by atoms with van der Waals surface area (Å²) in [5.74, 6) is 0.302. The second kappa shape index (κ2) is 6.32. The lowest BCUT2D eigenvalue weighted by Crippen LogP contribution is -2.34. The standard InChI is InChI=1S/C13H18BrClN2O2S/c1-16(2)11-5-6-17(9-11)20(18,19)13-7-10(8-15)3-4-12(13)14/h3-4,7,11H,5-6,8-9H2,1-2H3. The molecule has 2 rings (SSSR count). The first kappa shape index (κ1) is 16.2. The lowest BCUT2D eigenvalue weighted by atomic mass is 10.2. The molecule has 0 spiro atoms. The van der Waals surface area contributed by atoms with Crippen LogP contribution in [0.3, 0.4) is 0 Å². The van der Waals surface area contributed by atoms with Crippen molar-refractivity contribution in [2.75, 3.05) is 27.2 Å². The van der Waals surface area contributed by atoms with Gasteiger partial charge in [-0.1, -0.05) is 6.07 Å². The highest BCUT2D eigenvalue weighted by atomic mass is 79.9. The summed E-state index contributed by atoms with van der Waals surface area (Å²) < 4.78 is 27.6. The van der Waals surface area contributed by atoms with Gasteiger partial charge >= 0.3 is 0 Å². The summed E-state index contributed by atoms with van der Waals surface area (Å²) >= 11 is 9.12. The Bertz CT molecular complexity index is 592. The fourth-order valence-corrected chi connectivity index (χ4v) is 4.95. The maximum Gasteiger partial charge on any atom is 0.244 e. The van der Waals surface area contributed by atoms with E-state index in [0.717, 1.165) is 12.0 Å². The molecule has 1 heterocycles. The van der Waals surface area contributed by atoms with Gasteiger partial charge in [0, 0.05) is 29.5 Å². The SMILES string of the molecule is CN(C)C1CCN(S(=O)(=O)c2cc(CCl)ccc2Br)C1. The minimum atomic E-state index is -3.47. The Labute approximate surface area is 133 Å². The molecule has 0 amide bonds. The zero-order valence-electron chi connectivity index (χ0n) is 11.5. The molecule has 0 saturated carbocycles. The molecule has 1 aromatic carbocycles. The number of nitrogens with zero attached hydrogens (tertiary/aromatic N) is 2. The van der Waals surface area contributed by atoms with Crippen LogP contribution in [0, 0.1) is 0 Å². The van der Waals surface area contributed by atoms with Crippen LogP contribution in [-0.4, -0.2) is 50.8 Å². The van der Waals surface area contributed by atoms with E-state index in [1.807, 2.05) is 20.2 Å². The zero-order valence-corrected chi connectivity index (χ0v) is 14.7. The molecule has 0 N–H and O–H groups in total. The normalized spacial score (nSPS) is 20.8. The third-order valence-corrected chi connectivity index (χ3v) is 6.79. The highest BCUT2D eigenvalue weighted by molar-refractivity contribution is 9.10. The molecule has 4 nitrogen and oxygen atoms in total. The highest BCUT2D eigenvalue weighted by Gasteiger charge is 2.34. The van der Waals surface area contributed by atoms with Gasteiger partial charge in [0.2, 0.25) is 10.0 Å². The van der Waals surface area contributed by atoms with Gasteiger partial charge in [-0.25, -0.2) is 8.42 Å². The Morgan fingerprint density at radius 1 is 1.45 bits per heavy atom. The van der Waals surface area contributed by atoms with Crippen LogP contribution in [0.1, 0.15) is 12.0 Å². The highest BCUT2D eigenvalue weighted by Crippen LogP contribution is 2.29. The van der Waals surface area contributed by atoms with E-state index in [9.17, 15) is 8.42 Å². The lowest BCUT2D eigenvalue weighted by molar-refractivity contribution is 0.302. The minimum Gasteiger partial charge on any atom is -0.305 e. The van der Waals surface area contributed by atoms with E-state index in [4.69, 9.17) is 11.6 Å². The Balaban J connectivity index is 2.32. The number of hydrogen-bond acceptors (Lipinski definition) is 3. The average Bonchev–Trinajstić information content (AvgIpc) is 2.89. The Kier molecular flexibility index (Phi) is 5.13. The molecule has 1 unspecified atom stereocenters. The van der Waals surface area contributed by atoms with Gasteiger partial charge in [0.05, 0.1) is 4.90 Å². The number of halogens is 2. The topological polar surface area (TPSA) is 40.6 Å². The van der Waals surface area contributed by atoms with E-state index in [1.165, 1.54) is 0 Å². The van der Waals surface area contributed by atoms with Crippen LogP contribution >= 0.6 is 27.5 Å². The summed E-state index contributed by atoms with van der Waals surface area (Å²) in [7, 11) is 0.487. The summed E-state index contributed by atoms with van der Waals surface area (Å²) in [6.07, 6.45) is 0.860. The fourth-order valence-electron chi connectivity index (χ4n) is 2.32. The molecule has 1 atom stereocenters. The van der Waals surface area contributed by atoms with Crippen LogP contribution in [0.25, 0.3) is 0 Å². The summed E-state index contributed by atoms with van der Waals surface area (Å²) in [5, 5.41) is 0. The van der Waals surface area contributed by atoms with Crippen molar-refractivity contribution < 1.29 is 8.42 Å². The first-order chi connectivity index (χ1) is 9.36. The lowest BCUT2D eigenvalue weighted by Gasteiger charge is -2.21. The third kappa shape index (κ3) is 3.20. The Morgan fingerprint density at radius 3 is 2.70 bits per heavy atom. The van der Waals surface area contributed by atoms with Crippen molar-refractivity contribution in [1.29, 1.82) is 0 Å². The van der Waals surface area contributed by atoms with E-state index >= 15 is 0 Å². The average molecular weight is 382 g/mol. The first-order valence-corrected chi connectivity index (χ1v) is 9.14. The predicted molar refractivity (Wildman–Crippen MR) is 84.5 cm³/mol. The zero-order chi connectivity index (χ0) is 14.9. The molecule has 20 heavy (non-hydrogen) atoms. The maximum absolute atomic E-state index is 12.7. The Hall–Kier alpha value is -0.140. The molecule has 1 aliphatic rings. The predicted octanol–water partition coefficient (Wildman–Crippen LogP) is 2.51. The van der Waals surface area contributed by atoms with E-state index < -0.39 is 10.0 Å². The van der Waals surface area contributed by atoms with Crippen molar-refractivity contribution in [3.63, 3.8) is 0 Å². The molecule has 0 aliphatic carbocycles. The van der Waals surface area contributed by atoms with Gasteiger partial charge in [0.1, 0.15) is 0 Å². The van der Waals surface area contributed by atoms with Gasteiger partial charge in [0.25, 0.3) is 0 Å². The number of benzene rings is 1.